The number of carbonyl (C=O) groups is 1. The van der Waals surface area contributed by atoms with Gasteiger partial charge in [-0.05, 0) is 72.1 Å². The number of aliphatic hydroxyl groups excluding tert-OH is 2. The quantitative estimate of drug-likeness (QED) is 0.253. The second-order valence-electron chi connectivity index (χ2n) is 8.92. The van der Waals surface area contributed by atoms with E-state index in [4.69, 9.17) is 26.2 Å². The van der Waals surface area contributed by atoms with Gasteiger partial charge in [0.1, 0.15) is 17.5 Å². The fourth-order valence-electron chi connectivity index (χ4n) is 4.62. The van der Waals surface area contributed by atoms with Gasteiger partial charge in [-0.15, -0.1) is 0 Å². The van der Waals surface area contributed by atoms with Crippen LogP contribution >= 0.6 is 27.5 Å². The second kappa shape index (κ2) is 11.1. The maximum absolute atomic E-state index is 13.4. The van der Waals surface area contributed by atoms with Gasteiger partial charge in [0.25, 0.3) is 0 Å². The van der Waals surface area contributed by atoms with E-state index in [-0.39, 0.29) is 19.3 Å². The molecule has 0 aliphatic carbocycles. The summed E-state index contributed by atoms with van der Waals surface area (Å²) in [5.41, 5.74) is 4.04. The van der Waals surface area contributed by atoms with E-state index in [1.807, 2.05) is 36.4 Å². The van der Waals surface area contributed by atoms with Gasteiger partial charge in [0, 0.05) is 39.1 Å². The third-order valence-electron chi connectivity index (χ3n) is 6.47. The number of fused-ring (bicyclic) bond motifs is 3. The molecule has 2 atom stereocenters. The zero-order chi connectivity index (χ0) is 25.9. The van der Waals surface area contributed by atoms with Gasteiger partial charge in [-0.25, -0.2) is 4.79 Å². The van der Waals surface area contributed by atoms with Gasteiger partial charge < -0.3 is 24.7 Å². The fourth-order valence-corrected chi connectivity index (χ4v) is 5.10. The summed E-state index contributed by atoms with van der Waals surface area (Å²) in [5.74, 6) is 1.06. The Bertz CT molecular complexity index is 1390. The Morgan fingerprint density at radius 1 is 1.11 bits per heavy atom. The smallest absolute Gasteiger partial charge is 0.416 e. The first-order valence-electron chi connectivity index (χ1n) is 12.0. The van der Waals surface area contributed by atoms with Gasteiger partial charge >= 0.3 is 6.09 Å². The third kappa shape index (κ3) is 5.62. The number of ether oxygens (including phenoxy) is 2. The number of nitrogens with one attached hydrogen (secondary N) is 1. The summed E-state index contributed by atoms with van der Waals surface area (Å²) in [6, 6.07) is 20.0. The number of nitrogens with zero attached hydrogens (tertiary/aromatic N) is 1. The first-order valence-corrected chi connectivity index (χ1v) is 13.2. The minimum atomic E-state index is -0.804. The molecule has 5 rings (SSSR count). The van der Waals surface area contributed by atoms with E-state index >= 15 is 0 Å². The van der Waals surface area contributed by atoms with Crippen LogP contribution in [0, 0.1) is 0 Å². The zero-order valence-corrected chi connectivity index (χ0v) is 22.2. The molecule has 9 heteroatoms. The van der Waals surface area contributed by atoms with Crippen LogP contribution in [0.5, 0.6) is 11.5 Å². The Labute approximate surface area is 227 Å². The van der Waals surface area contributed by atoms with Gasteiger partial charge in [0.15, 0.2) is 0 Å². The molecule has 1 aromatic heterocycles. The van der Waals surface area contributed by atoms with Crippen LogP contribution in [0.3, 0.4) is 0 Å². The lowest BCUT2D eigenvalue weighted by atomic mass is 9.92. The molecule has 0 saturated heterocycles. The van der Waals surface area contributed by atoms with Crippen molar-refractivity contribution in [3.8, 4) is 11.5 Å². The maximum atomic E-state index is 13.4. The first kappa shape index (κ1) is 25.6. The van der Waals surface area contributed by atoms with Gasteiger partial charge in [-0.2, -0.15) is 0 Å². The number of hydrogen-bond donors (Lipinski definition) is 3. The lowest BCUT2D eigenvalue weighted by Gasteiger charge is -2.35. The summed E-state index contributed by atoms with van der Waals surface area (Å²) in [5, 5.41) is 20.2. The van der Waals surface area contributed by atoms with Crippen molar-refractivity contribution in [3.63, 3.8) is 0 Å². The summed E-state index contributed by atoms with van der Waals surface area (Å²) in [6.07, 6.45) is -0.232. The average molecular weight is 586 g/mol. The van der Waals surface area contributed by atoms with Gasteiger partial charge in [0.05, 0.1) is 19.3 Å². The number of aromatic amines is 1. The zero-order valence-electron chi connectivity index (χ0n) is 19.9. The SMILES string of the molecule is O=C(Oc1ccc(Cl)cc1)N1CCc2c([nH]c3ccc(Br)cc23)C1c1ccc(OCCC(O)CO)cc1. The minimum absolute atomic E-state index is 0.283. The summed E-state index contributed by atoms with van der Waals surface area (Å²) in [6.45, 7) is 0.473. The number of aromatic nitrogens is 1. The Morgan fingerprint density at radius 3 is 2.57 bits per heavy atom. The van der Waals surface area contributed by atoms with E-state index in [1.165, 1.54) is 5.56 Å². The van der Waals surface area contributed by atoms with Crippen LogP contribution in [0.2, 0.25) is 5.02 Å². The fraction of sp³-hybridized carbons (Fsp3) is 0.250. The largest absolute Gasteiger partial charge is 0.493 e. The van der Waals surface area contributed by atoms with Crippen molar-refractivity contribution in [2.75, 3.05) is 19.8 Å². The van der Waals surface area contributed by atoms with Crippen molar-refractivity contribution >= 4 is 44.5 Å². The Hall–Kier alpha value is -3.04. The van der Waals surface area contributed by atoms with Crippen molar-refractivity contribution < 1.29 is 24.5 Å². The monoisotopic (exact) mass is 584 g/mol. The Kier molecular flexibility index (Phi) is 7.71. The number of amides is 1. The molecular formula is C28H26BrClN2O5. The second-order valence-corrected chi connectivity index (χ2v) is 10.3. The predicted octanol–water partition coefficient (Wildman–Crippen LogP) is 5.85. The van der Waals surface area contributed by atoms with Crippen molar-refractivity contribution in [3.05, 3.63) is 93.0 Å². The van der Waals surface area contributed by atoms with Crippen molar-refractivity contribution in [1.82, 2.24) is 9.88 Å². The van der Waals surface area contributed by atoms with Crippen molar-refractivity contribution in [2.24, 2.45) is 0 Å². The number of aliphatic hydroxyl groups is 2. The van der Waals surface area contributed by atoms with Crippen LogP contribution in [0.25, 0.3) is 10.9 Å². The molecule has 1 amide bonds. The molecule has 37 heavy (non-hydrogen) atoms. The number of carbonyl (C=O) groups excluding carboxylic acids is 1. The van der Waals surface area contributed by atoms with Gasteiger partial charge in [-0.3, -0.25) is 4.90 Å². The first-order chi connectivity index (χ1) is 17.9. The lowest BCUT2D eigenvalue weighted by molar-refractivity contribution is 0.0754. The van der Waals surface area contributed by atoms with Crippen LogP contribution in [0.1, 0.15) is 29.3 Å². The number of benzene rings is 3. The topological polar surface area (TPSA) is 95.0 Å². The standard InChI is InChI=1S/C28H26BrClN2O5/c29-18-3-10-25-24(15-18)23-11-13-32(28(35)37-22-8-4-19(30)5-9-22)27(26(23)31-25)17-1-6-21(7-2-17)36-14-12-20(34)16-33/h1-10,15,20,27,31,33-34H,11-14,16H2. The highest BCUT2D eigenvalue weighted by molar-refractivity contribution is 9.10. The van der Waals surface area contributed by atoms with E-state index in [0.717, 1.165) is 26.6 Å². The van der Waals surface area contributed by atoms with E-state index in [0.29, 0.717) is 35.9 Å². The van der Waals surface area contributed by atoms with Crippen LogP contribution in [0.15, 0.2) is 71.2 Å². The molecule has 4 aromatic rings. The van der Waals surface area contributed by atoms with Gasteiger partial charge in [0.2, 0.25) is 0 Å². The number of hydrogen-bond acceptors (Lipinski definition) is 5. The molecule has 0 saturated carbocycles. The molecule has 0 radical (unpaired) electrons. The van der Waals surface area contributed by atoms with E-state index in [1.54, 1.807) is 29.2 Å². The van der Waals surface area contributed by atoms with E-state index in [2.05, 4.69) is 27.0 Å². The third-order valence-corrected chi connectivity index (χ3v) is 7.21. The molecule has 7 nitrogen and oxygen atoms in total. The van der Waals surface area contributed by atoms with E-state index < -0.39 is 12.2 Å². The summed E-state index contributed by atoms with van der Waals surface area (Å²) >= 11 is 9.55. The molecule has 192 valence electrons. The van der Waals surface area contributed by atoms with E-state index in [9.17, 15) is 9.90 Å². The number of rotatable bonds is 7. The lowest BCUT2D eigenvalue weighted by Crippen LogP contribution is -2.42. The maximum Gasteiger partial charge on any atom is 0.416 e. The molecule has 0 fully saturated rings. The molecular weight excluding hydrogens is 560 g/mol. The van der Waals surface area contributed by atoms with Crippen molar-refractivity contribution in [2.45, 2.75) is 25.0 Å². The molecule has 2 unspecified atom stereocenters. The highest BCUT2D eigenvalue weighted by atomic mass is 79.9. The molecule has 1 aliphatic heterocycles. The van der Waals surface area contributed by atoms with Crippen LogP contribution < -0.4 is 9.47 Å². The summed E-state index contributed by atoms with van der Waals surface area (Å²) < 4.78 is 12.4. The normalized spacial score (nSPS) is 15.9. The molecule has 3 N–H and O–H groups in total. The molecule has 0 spiro atoms. The molecule has 2 heterocycles. The average Bonchev–Trinajstić information content (AvgIpc) is 3.27. The Balaban J connectivity index is 1.46. The Morgan fingerprint density at radius 2 is 1.84 bits per heavy atom. The van der Waals surface area contributed by atoms with Gasteiger partial charge in [-0.1, -0.05) is 39.7 Å². The summed E-state index contributed by atoms with van der Waals surface area (Å²) in [7, 11) is 0. The highest BCUT2D eigenvalue weighted by Gasteiger charge is 2.35. The van der Waals surface area contributed by atoms with Crippen LogP contribution in [-0.2, 0) is 6.42 Å². The minimum Gasteiger partial charge on any atom is -0.493 e. The predicted molar refractivity (Wildman–Crippen MR) is 145 cm³/mol. The number of H-pyrrole nitrogens is 1. The number of halogens is 2. The van der Waals surface area contributed by atoms with Crippen LogP contribution in [-0.4, -0.2) is 52.1 Å². The van der Waals surface area contributed by atoms with Crippen molar-refractivity contribution in [1.29, 1.82) is 0 Å². The molecule has 0 bridgehead atoms. The summed E-state index contributed by atoms with van der Waals surface area (Å²) in [4.78, 5) is 18.7. The molecule has 1 aliphatic rings. The van der Waals surface area contributed by atoms with Crippen LogP contribution in [0.4, 0.5) is 4.79 Å². The highest BCUT2D eigenvalue weighted by Crippen LogP contribution is 2.40. The molecule has 3 aromatic carbocycles.